The van der Waals surface area contributed by atoms with Crippen LogP contribution in [0, 0.1) is 11.8 Å². The summed E-state index contributed by atoms with van der Waals surface area (Å²) >= 11 is 0. The maximum atomic E-state index is 10.1. The highest BCUT2D eigenvalue weighted by Gasteiger charge is 2.27. The summed E-state index contributed by atoms with van der Waals surface area (Å²) < 4.78 is 11.0. The van der Waals surface area contributed by atoms with Gasteiger partial charge < -0.3 is 24.8 Å². The Morgan fingerprint density at radius 2 is 2.04 bits per heavy atom. The van der Waals surface area contributed by atoms with Crippen molar-refractivity contribution in [3.63, 3.8) is 0 Å². The van der Waals surface area contributed by atoms with E-state index in [1.807, 2.05) is 0 Å². The molecule has 3 rings (SSSR count). The average Bonchev–Trinajstić information content (AvgIpc) is 3.36. The minimum absolute atomic E-state index is 0.388. The predicted octanol–water partition coefficient (Wildman–Crippen LogP) is 0.394. The van der Waals surface area contributed by atoms with Gasteiger partial charge in [0.15, 0.2) is 5.96 Å². The van der Waals surface area contributed by atoms with E-state index in [2.05, 4.69) is 27.0 Å². The first-order valence-electron chi connectivity index (χ1n) is 10.3. The third-order valence-corrected chi connectivity index (χ3v) is 5.35. The highest BCUT2D eigenvalue weighted by Crippen LogP contribution is 2.28. The zero-order chi connectivity index (χ0) is 18.2. The number of nitrogens with zero attached hydrogens (tertiary/aromatic N) is 3. The van der Waals surface area contributed by atoms with Gasteiger partial charge in [-0.25, -0.2) is 0 Å². The fourth-order valence-corrected chi connectivity index (χ4v) is 3.65. The van der Waals surface area contributed by atoms with Crippen LogP contribution in [0.2, 0.25) is 0 Å². The number of hydrogen-bond donors (Lipinski definition) is 2. The van der Waals surface area contributed by atoms with Crippen LogP contribution in [-0.2, 0) is 9.47 Å². The van der Waals surface area contributed by atoms with E-state index in [4.69, 9.17) is 9.47 Å². The van der Waals surface area contributed by atoms with E-state index in [1.165, 1.54) is 19.3 Å². The third-order valence-electron chi connectivity index (χ3n) is 5.35. The number of aliphatic imine (C=N–C) groups is 1. The van der Waals surface area contributed by atoms with E-state index in [1.54, 1.807) is 0 Å². The van der Waals surface area contributed by atoms with E-state index in [0.717, 1.165) is 71.0 Å². The summed E-state index contributed by atoms with van der Waals surface area (Å²) in [6.45, 7) is 11.6. The Morgan fingerprint density at radius 1 is 1.23 bits per heavy atom. The molecule has 0 radical (unpaired) electrons. The van der Waals surface area contributed by atoms with Crippen molar-refractivity contribution in [1.82, 2.24) is 15.1 Å². The minimum Gasteiger partial charge on any atom is -0.389 e. The second-order valence-corrected chi connectivity index (χ2v) is 7.84. The van der Waals surface area contributed by atoms with Crippen LogP contribution < -0.4 is 5.32 Å². The number of morpholine rings is 1. The number of ether oxygens (including phenoxy) is 2. The molecule has 0 amide bonds. The molecule has 7 heteroatoms. The second kappa shape index (κ2) is 10.4. The van der Waals surface area contributed by atoms with Crippen molar-refractivity contribution in [2.24, 2.45) is 16.8 Å². The summed E-state index contributed by atoms with van der Waals surface area (Å²) in [6.07, 6.45) is 3.24. The maximum Gasteiger partial charge on any atom is 0.194 e. The Labute approximate surface area is 157 Å². The SMILES string of the molecule is CCNC(=NCC(O)COCC1CC1)N1CCC(CN2CCOCC2)C1. The molecule has 26 heavy (non-hydrogen) atoms. The first-order valence-corrected chi connectivity index (χ1v) is 10.3. The van der Waals surface area contributed by atoms with Gasteiger partial charge >= 0.3 is 0 Å². The van der Waals surface area contributed by atoms with Crippen molar-refractivity contribution in [3.8, 4) is 0 Å². The Hall–Kier alpha value is -0.890. The third kappa shape index (κ3) is 6.68. The summed E-state index contributed by atoms with van der Waals surface area (Å²) in [7, 11) is 0. The van der Waals surface area contributed by atoms with E-state index >= 15 is 0 Å². The van der Waals surface area contributed by atoms with Crippen molar-refractivity contribution in [3.05, 3.63) is 0 Å². The molecule has 2 unspecified atom stereocenters. The lowest BCUT2D eigenvalue weighted by Gasteiger charge is -2.29. The van der Waals surface area contributed by atoms with Crippen molar-refractivity contribution < 1.29 is 14.6 Å². The van der Waals surface area contributed by atoms with Crippen molar-refractivity contribution in [1.29, 1.82) is 0 Å². The second-order valence-electron chi connectivity index (χ2n) is 7.84. The number of aliphatic hydroxyl groups excluding tert-OH is 1. The van der Waals surface area contributed by atoms with Gasteiger partial charge in [0.05, 0.1) is 32.5 Å². The number of aliphatic hydroxyl groups is 1. The highest BCUT2D eigenvalue weighted by atomic mass is 16.5. The molecule has 2 atom stereocenters. The van der Waals surface area contributed by atoms with Gasteiger partial charge in [-0.3, -0.25) is 9.89 Å². The number of guanidine groups is 1. The summed E-state index contributed by atoms with van der Waals surface area (Å²) in [6, 6.07) is 0. The summed E-state index contributed by atoms with van der Waals surface area (Å²) in [4.78, 5) is 9.51. The lowest BCUT2D eigenvalue weighted by atomic mass is 10.1. The van der Waals surface area contributed by atoms with Crippen LogP contribution in [0.5, 0.6) is 0 Å². The average molecular weight is 369 g/mol. The monoisotopic (exact) mass is 368 g/mol. The number of hydrogen-bond acceptors (Lipinski definition) is 5. The lowest BCUT2D eigenvalue weighted by molar-refractivity contribution is 0.0315. The highest BCUT2D eigenvalue weighted by molar-refractivity contribution is 5.80. The predicted molar refractivity (Wildman–Crippen MR) is 102 cm³/mol. The van der Waals surface area contributed by atoms with Crippen LogP contribution in [0.3, 0.4) is 0 Å². The molecule has 7 nitrogen and oxygen atoms in total. The van der Waals surface area contributed by atoms with E-state index in [9.17, 15) is 5.11 Å². The molecule has 1 saturated carbocycles. The summed E-state index contributed by atoms with van der Waals surface area (Å²) in [5.41, 5.74) is 0. The Bertz CT molecular complexity index is 439. The number of nitrogens with one attached hydrogen (secondary N) is 1. The summed E-state index contributed by atoms with van der Waals surface area (Å²) in [5.74, 6) is 2.35. The van der Waals surface area contributed by atoms with Crippen LogP contribution >= 0.6 is 0 Å². The number of likely N-dealkylation sites (tertiary alicyclic amines) is 1. The van der Waals surface area contributed by atoms with Gasteiger partial charge in [-0.2, -0.15) is 0 Å². The fraction of sp³-hybridized carbons (Fsp3) is 0.947. The summed E-state index contributed by atoms with van der Waals surface area (Å²) in [5, 5.41) is 13.5. The zero-order valence-corrected chi connectivity index (χ0v) is 16.2. The lowest BCUT2D eigenvalue weighted by Crippen LogP contribution is -2.42. The van der Waals surface area contributed by atoms with Crippen LogP contribution in [0.25, 0.3) is 0 Å². The Kier molecular flexibility index (Phi) is 7.98. The molecule has 0 aromatic rings. The van der Waals surface area contributed by atoms with Crippen LogP contribution in [0.15, 0.2) is 4.99 Å². The number of rotatable bonds is 9. The van der Waals surface area contributed by atoms with Crippen molar-refractivity contribution in [2.45, 2.75) is 32.3 Å². The van der Waals surface area contributed by atoms with Gasteiger partial charge in [-0.15, -0.1) is 0 Å². The van der Waals surface area contributed by atoms with Gasteiger partial charge in [-0.1, -0.05) is 0 Å². The van der Waals surface area contributed by atoms with E-state index in [-0.39, 0.29) is 0 Å². The zero-order valence-electron chi connectivity index (χ0n) is 16.2. The fourth-order valence-electron chi connectivity index (χ4n) is 3.65. The largest absolute Gasteiger partial charge is 0.389 e. The molecule has 2 saturated heterocycles. The Balaban J connectivity index is 1.40. The molecule has 3 aliphatic rings. The van der Waals surface area contributed by atoms with Gasteiger partial charge in [-0.05, 0) is 38.0 Å². The smallest absolute Gasteiger partial charge is 0.194 e. The molecule has 0 spiro atoms. The van der Waals surface area contributed by atoms with E-state index < -0.39 is 6.10 Å². The van der Waals surface area contributed by atoms with Crippen LogP contribution in [0.4, 0.5) is 0 Å². The molecule has 3 fully saturated rings. The molecule has 2 N–H and O–H groups in total. The van der Waals surface area contributed by atoms with Crippen molar-refractivity contribution in [2.75, 3.05) is 72.2 Å². The maximum absolute atomic E-state index is 10.1. The van der Waals surface area contributed by atoms with Crippen LogP contribution in [-0.4, -0.2) is 99.2 Å². The Morgan fingerprint density at radius 3 is 2.77 bits per heavy atom. The van der Waals surface area contributed by atoms with Gasteiger partial charge in [0, 0.05) is 45.9 Å². The molecule has 2 aliphatic heterocycles. The van der Waals surface area contributed by atoms with Gasteiger partial charge in [0.25, 0.3) is 0 Å². The molecule has 2 heterocycles. The van der Waals surface area contributed by atoms with Crippen LogP contribution in [0.1, 0.15) is 26.2 Å². The quantitative estimate of drug-likeness (QED) is 0.453. The van der Waals surface area contributed by atoms with Crippen molar-refractivity contribution >= 4 is 5.96 Å². The normalized spacial score (nSPS) is 26.3. The van der Waals surface area contributed by atoms with Gasteiger partial charge in [0.2, 0.25) is 0 Å². The first-order chi connectivity index (χ1) is 12.7. The molecule has 0 aromatic carbocycles. The first kappa shape index (κ1) is 19.9. The van der Waals surface area contributed by atoms with Gasteiger partial charge in [0.1, 0.15) is 0 Å². The molecule has 0 bridgehead atoms. The standard InChI is InChI=1S/C19H36N4O3/c1-2-20-19(21-11-18(24)15-26-14-16-3-4-16)23-6-5-17(13-23)12-22-7-9-25-10-8-22/h16-18,24H,2-15H2,1H3,(H,20,21). The minimum atomic E-state index is -0.519. The molecule has 1 aliphatic carbocycles. The topological polar surface area (TPSA) is 69.6 Å². The molecular formula is C19H36N4O3. The van der Waals surface area contributed by atoms with E-state index in [0.29, 0.717) is 19.1 Å². The molecule has 150 valence electrons. The molecule has 0 aromatic heterocycles. The molecular weight excluding hydrogens is 332 g/mol.